The molecule has 2 aromatic heterocycles. The van der Waals surface area contributed by atoms with Crippen LogP contribution in [-0.4, -0.2) is 51.7 Å². The number of anilines is 1. The molecule has 3 aliphatic rings. The molecule has 128 valence electrons. The van der Waals surface area contributed by atoms with Gasteiger partial charge in [0.05, 0.1) is 23.8 Å². The van der Waals surface area contributed by atoms with Gasteiger partial charge in [-0.05, 0) is 39.0 Å². The highest BCUT2D eigenvalue weighted by Crippen LogP contribution is 2.33. The summed E-state index contributed by atoms with van der Waals surface area (Å²) in [5.74, 6) is 1.79. The van der Waals surface area contributed by atoms with Crippen molar-refractivity contribution in [3.05, 3.63) is 12.0 Å². The second kappa shape index (κ2) is 5.67. The lowest BCUT2D eigenvalue weighted by atomic mass is 10.2. The van der Waals surface area contributed by atoms with Crippen LogP contribution in [-0.2, 0) is 9.47 Å². The number of fused-ring (bicyclic) bond motifs is 3. The van der Waals surface area contributed by atoms with E-state index in [1.54, 1.807) is 0 Å². The lowest BCUT2D eigenvalue weighted by Gasteiger charge is -2.33. The quantitative estimate of drug-likeness (QED) is 0.841. The van der Waals surface area contributed by atoms with Crippen LogP contribution in [0.5, 0.6) is 0 Å². The van der Waals surface area contributed by atoms with Crippen molar-refractivity contribution in [3.8, 4) is 0 Å². The fraction of sp³-hybridized carbons (Fsp3) is 0.706. The zero-order valence-electron chi connectivity index (χ0n) is 14.0. The number of morpholine rings is 1. The monoisotopic (exact) mass is 329 g/mol. The molecule has 2 bridgehead atoms. The SMILES string of the molecule is Cc1nc(N2CC3CCC(C2)O3)c2cnn(C3CCCCO3)c2n1. The highest BCUT2D eigenvalue weighted by molar-refractivity contribution is 5.87. The maximum atomic E-state index is 5.97. The van der Waals surface area contributed by atoms with Gasteiger partial charge >= 0.3 is 0 Å². The third kappa shape index (κ3) is 2.38. The summed E-state index contributed by atoms with van der Waals surface area (Å²) in [6.07, 6.45) is 8.20. The molecule has 5 heterocycles. The van der Waals surface area contributed by atoms with Gasteiger partial charge in [-0.3, -0.25) is 0 Å². The van der Waals surface area contributed by atoms with Gasteiger partial charge in [0.1, 0.15) is 11.6 Å². The summed E-state index contributed by atoms with van der Waals surface area (Å²) in [4.78, 5) is 11.8. The minimum Gasteiger partial charge on any atom is -0.371 e. The van der Waals surface area contributed by atoms with Gasteiger partial charge in [0.15, 0.2) is 11.9 Å². The van der Waals surface area contributed by atoms with E-state index in [1.165, 1.54) is 6.42 Å². The number of rotatable bonds is 2. The first-order valence-corrected chi connectivity index (χ1v) is 9.02. The molecule has 3 unspecified atom stereocenters. The molecule has 0 amide bonds. The van der Waals surface area contributed by atoms with Crippen molar-refractivity contribution < 1.29 is 9.47 Å². The van der Waals surface area contributed by atoms with Crippen LogP contribution in [0.2, 0.25) is 0 Å². The Labute approximate surface area is 141 Å². The first-order chi connectivity index (χ1) is 11.8. The van der Waals surface area contributed by atoms with Crippen LogP contribution < -0.4 is 4.90 Å². The molecule has 3 aliphatic heterocycles. The molecule has 3 atom stereocenters. The van der Waals surface area contributed by atoms with E-state index < -0.39 is 0 Å². The summed E-state index contributed by atoms with van der Waals surface area (Å²) < 4.78 is 13.8. The lowest BCUT2D eigenvalue weighted by Crippen LogP contribution is -2.43. The van der Waals surface area contributed by atoms with Crippen LogP contribution in [0, 0.1) is 6.92 Å². The van der Waals surface area contributed by atoms with Gasteiger partial charge in [-0.1, -0.05) is 0 Å². The summed E-state index contributed by atoms with van der Waals surface area (Å²) in [6.45, 7) is 4.58. The number of aromatic nitrogens is 4. The van der Waals surface area contributed by atoms with E-state index in [0.29, 0.717) is 12.2 Å². The molecule has 0 aromatic carbocycles. The van der Waals surface area contributed by atoms with E-state index in [0.717, 1.165) is 68.1 Å². The Morgan fingerprint density at radius 3 is 2.67 bits per heavy atom. The largest absolute Gasteiger partial charge is 0.371 e. The maximum absolute atomic E-state index is 5.97. The third-order valence-electron chi connectivity index (χ3n) is 5.32. The van der Waals surface area contributed by atoms with E-state index in [4.69, 9.17) is 14.5 Å². The second-order valence-electron chi connectivity index (χ2n) is 7.10. The Kier molecular flexibility index (Phi) is 3.45. The van der Waals surface area contributed by atoms with Crippen molar-refractivity contribution in [2.75, 3.05) is 24.6 Å². The fourth-order valence-corrected chi connectivity index (χ4v) is 4.17. The van der Waals surface area contributed by atoms with Crippen LogP contribution in [0.15, 0.2) is 6.20 Å². The lowest BCUT2D eigenvalue weighted by molar-refractivity contribution is -0.0370. The molecule has 2 aromatic rings. The molecule has 24 heavy (non-hydrogen) atoms. The molecule has 5 rings (SSSR count). The van der Waals surface area contributed by atoms with Gasteiger partial charge < -0.3 is 14.4 Å². The number of hydrogen-bond acceptors (Lipinski definition) is 6. The molecule has 0 spiro atoms. The Balaban J connectivity index is 1.55. The number of ether oxygens (including phenoxy) is 2. The zero-order valence-corrected chi connectivity index (χ0v) is 14.0. The summed E-state index contributed by atoms with van der Waals surface area (Å²) in [6, 6.07) is 0. The van der Waals surface area contributed by atoms with Crippen LogP contribution in [0.25, 0.3) is 11.0 Å². The summed E-state index contributed by atoms with van der Waals surface area (Å²) >= 11 is 0. The summed E-state index contributed by atoms with van der Waals surface area (Å²) in [5, 5.41) is 5.62. The van der Waals surface area contributed by atoms with Crippen molar-refractivity contribution in [1.29, 1.82) is 0 Å². The molecule has 0 saturated carbocycles. The van der Waals surface area contributed by atoms with Crippen LogP contribution in [0.3, 0.4) is 0 Å². The predicted molar refractivity (Wildman–Crippen MR) is 89.0 cm³/mol. The van der Waals surface area contributed by atoms with Crippen molar-refractivity contribution >= 4 is 16.9 Å². The molecule has 0 radical (unpaired) electrons. The topological polar surface area (TPSA) is 65.3 Å². The highest BCUT2D eigenvalue weighted by atomic mass is 16.5. The van der Waals surface area contributed by atoms with Gasteiger partial charge in [0, 0.05) is 19.7 Å². The molecule has 0 aliphatic carbocycles. The van der Waals surface area contributed by atoms with Gasteiger partial charge in [-0.15, -0.1) is 0 Å². The van der Waals surface area contributed by atoms with Crippen LogP contribution in [0.4, 0.5) is 5.82 Å². The first kappa shape index (κ1) is 14.6. The second-order valence-corrected chi connectivity index (χ2v) is 7.10. The molecule has 7 nitrogen and oxygen atoms in total. The number of nitrogens with zero attached hydrogens (tertiary/aromatic N) is 5. The first-order valence-electron chi connectivity index (χ1n) is 9.02. The van der Waals surface area contributed by atoms with E-state index in [-0.39, 0.29) is 6.23 Å². The Hall–Kier alpha value is -1.73. The standard InChI is InChI=1S/C17H23N5O2/c1-11-19-16(21-9-12-5-6-13(10-21)24-12)14-8-18-22(17(14)20-11)15-4-2-3-7-23-15/h8,12-13,15H,2-7,9-10H2,1H3. The van der Waals surface area contributed by atoms with Gasteiger partial charge in [0.2, 0.25) is 0 Å². The Morgan fingerprint density at radius 2 is 1.92 bits per heavy atom. The third-order valence-corrected chi connectivity index (χ3v) is 5.32. The minimum absolute atomic E-state index is 0.000676. The molecule has 3 saturated heterocycles. The van der Waals surface area contributed by atoms with E-state index >= 15 is 0 Å². The molecule has 7 heteroatoms. The van der Waals surface area contributed by atoms with Crippen molar-refractivity contribution in [2.24, 2.45) is 0 Å². The maximum Gasteiger partial charge on any atom is 0.166 e. The fourth-order valence-electron chi connectivity index (χ4n) is 4.17. The van der Waals surface area contributed by atoms with Gasteiger partial charge in [-0.25, -0.2) is 14.6 Å². The molecular formula is C17H23N5O2. The minimum atomic E-state index is -0.000676. The Morgan fingerprint density at radius 1 is 1.08 bits per heavy atom. The van der Waals surface area contributed by atoms with Crippen molar-refractivity contribution in [2.45, 2.75) is 57.5 Å². The average Bonchev–Trinajstić information content (AvgIpc) is 3.17. The highest BCUT2D eigenvalue weighted by Gasteiger charge is 2.35. The normalized spacial score (nSPS) is 30.2. The van der Waals surface area contributed by atoms with Crippen molar-refractivity contribution in [1.82, 2.24) is 19.7 Å². The van der Waals surface area contributed by atoms with E-state index in [1.807, 2.05) is 17.8 Å². The van der Waals surface area contributed by atoms with Crippen LogP contribution >= 0.6 is 0 Å². The predicted octanol–water partition coefficient (Wildman–Crippen LogP) is 2.20. The average molecular weight is 329 g/mol. The van der Waals surface area contributed by atoms with Crippen molar-refractivity contribution in [3.63, 3.8) is 0 Å². The van der Waals surface area contributed by atoms with Crippen LogP contribution in [0.1, 0.15) is 44.2 Å². The molecule has 0 N–H and O–H groups in total. The molecular weight excluding hydrogens is 306 g/mol. The van der Waals surface area contributed by atoms with Gasteiger partial charge in [-0.2, -0.15) is 5.10 Å². The zero-order chi connectivity index (χ0) is 16.1. The van der Waals surface area contributed by atoms with E-state index in [9.17, 15) is 0 Å². The van der Waals surface area contributed by atoms with Gasteiger partial charge in [0.25, 0.3) is 0 Å². The summed E-state index contributed by atoms with van der Waals surface area (Å²) in [5.41, 5.74) is 0.892. The number of aryl methyl sites for hydroxylation is 1. The summed E-state index contributed by atoms with van der Waals surface area (Å²) in [7, 11) is 0. The Bertz CT molecular complexity index is 743. The number of hydrogen-bond donors (Lipinski definition) is 0. The molecule has 3 fully saturated rings. The van der Waals surface area contributed by atoms with E-state index in [2.05, 4.69) is 15.0 Å². The smallest absolute Gasteiger partial charge is 0.166 e.